The Balaban J connectivity index is 1.57. The molecule has 0 saturated carbocycles. The molecule has 5 nitrogen and oxygen atoms in total. The number of H-pyrrole nitrogens is 1. The highest BCUT2D eigenvalue weighted by Gasteiger charge is 2.09. The van der Waals surface area contributed by atoms with E-state index >= 15 is 0 Å². The van der Waals surface area contributed by atoms with Gasteiger partial charge in [-0.1, -0.05) is 30.3 Å². The van der Waals surface area contributed by atoms with Gasteiger partial charge >= 0.3 is 0 Å². The van der Waals surface area contributed by atoms with E-state index in [2.05, 4.69) is 25.7 Å². The number of hydrogen-bond acceptors (Lipinski definition) is 5. The highest BCUT2D eigenvalue weighted by Crippen LogP contribution is 2.18. The summed E-state index contributed by atoms with van der Waals surface area (Å²) in [4.78, 5) is 4.26. The number of nitrogens with one attached hydrogen (secondary N) is 2. The van der Waals surface area contributed by atoms with E-state index < -0.39 is 0 Å². The first kappa shape index (κ1) is 13.0. The van der Waals surface area contributed by atoms with Crippen molar-refractivity contribution in [1.29, 1.82) is 0 Å². The largest absolute Gasteiger partial charge is 0.311 e. The highest BCUT2D eigenvalue weighted by atomic mass is 32.1. The lowest BCUT2D eigenvalue weighted by Gasteiger charge is -2.03. The molecule has 0 spiro atoms. The highest BCUT2D eigenvalue weighted by molar-refractivity contribution is 7.09. The van der Waals surface area contributed by atoms with Gasteiger partial charge in [-0.2, -0.15) is 15.4 Å². The summed E-state index contributed by atoms with van der Waals surface area (Å²) in [5.41, 5.74) is 2.93. The van der Waals surface area contributed by atoms with Gasteiger partial charge in [0.1, 0.15) is 11.4 Å². The maximum atomic E-state index is 4.26. The maximum Gasteiger partial charge on any atom is 0.117 e. The van der Waals surface area contributed by atoms with Crippen molar-refractivity contribution >= 4 is 11.3 Å². The molecule has 2 N–H and O–H groups in total. The summed E-state index contributed by atoms with van der Waals surface area (Å²) < 4.78 is 0. The topological polar surface area (TPSA) is 66.5 Å². The maximum absolute atomic E-state index is 4.26. The molecule has 0 atom stereocenters. The summed E-state index contributed by atoms with van der Waals surface area (Å²) in [5, 5.41) is 17.7. The molecular formula is C14H15N5S. The standard InChI is InChI=1S/C14H15N5S/c1-2-4-11(5-3-1)14-12(17-19-18-14)10-15-7-6-13-16-8-9-20-13/h1-5,8-9,15H,6-7,10H2,(H,17,18,19). The normalized spacial score (nSPS) is 10.8. The van der Waals surface area contributed by atoms with Crippen LogP contribution in [0.25, 0.3) is 11.3 Å². The van der Waals surface area contributed by atoms with Crippen LogP contribution in [-0.4, -0.2) is 26.9 Å². The zero-order valence-corrected chi connectivity index (χ0v) is 11.7. The van der Waals surface area contributed by atoms with Crippen molar-refractivity contribution in [3.8, 4) is 11.3 Å². The molecular weight excluding hydrogens is 270 g/mol. The summed E-state index contributed by atoms with van der Waals surface area (Å²) in [6.07, 6.45) is 2.78. The predicted molar refractivity (Wildman–Crippen MR) is 79.3 cm³/mol. The molecule has 0 aliphatic rings. The number of hydrogen-bond donors (Lipinski definition) is 2. The molecule has 0 unspecified atom stereocenters. The molecule has 0 bridgehead atoms. The molecule has 6 heteroatoms. The minimum atomic E-state index is 0.700. The fourth-order valence-corrected chi connectivity index (χ4v) is 2.60. The van der Waals surface area contributed by atoms with Gasteiger partial charge in [0.25, 0.3) is 0 Å². The third-order valence-corrected chi connectivity index (χ3v) is 3.80. The van der Waals surface area contributed by atoms with Crippen LogP contribution < -0.4 is 5.32 Å². The van der Waals surface area contributed by atoms with Gasteiger partial charge in [-0.3, -0.25) is 0 Å². The summed E-state index contributed by atoms with van der Waals surface area (Å²) in [6, 6.07) is 10.1. The van der Waals surface area contributed by atoms with E-state index in [1.165, 1.54) is 0 Å². The minimum absolute atomic E-state index is 0.700. The fourth-order valence-electron chi connectivity index (χ4n) is 1.98. The number of thiazole rings is 1. The molecule has 0 amide bonds. The second-order valence-corrected chi connectivity index (χ2v) is 5.32. The van der Waals surface area contributed by atoms with E-state index in [1.807, 2.05) is 41.9 Å². The first-order valence-electron chi connectivity index (χ1n) is 6.47. The monoisotopic (exact) mass is 285 g/mol. The summed E-state index contributed by atoms with van der Waals surface area (Å²) in [7, 11) is 0. The van der Waals surface area contributed by atoms with Crippen molar-refractivity contribution in [2.45, 2.75) is 13.0 Å². The Kier molecular flexibility index (Phi) is 4.15. The Morgan fingerprint density at radius 3 is 2.85 bits per heavy atom. The molecule has 3 rings (SSSR count). The second kappa shape index (κ2) is 6.40. The molecule has 20 heavy (non-hydrogen) atoms. The van der Waals surface area contributed by atoms with Crippen molar-refractivity contribution in [2.24, 2.45) is 0 Å². The van der Waals surface area contributed by atoms with E-state index in [9.17, 15) is 0 Å². The van der Waals surface area contributed by atoms with Crippen molar-refractivity contribution in [2.75, 3.05) is 6.54 Å². The first-order chi connectivity index (χ1) is 9.93. The van der Waals surface area contributed by atoms with Crippen LogP contribution >= 0.6 is 11.3 Å². The van der Waals surface area contributed by atoms with E-state index in [1.54, 1.807) is 11.3 Å². The summed E-state index contributed by atoms with van der Waals surface area (Å²) in [5.74, 6) is 0. The lowest BCUT2D eigenvalue weighted by molar-refractivity contribution is 0.671. The molecule has 0 saturated heterocycles. The Bertz CT molecular complexity index is 633. The zero-order chi connectivity index (χ0) is 13.6. The summed E-state index contributed by atoms with van der Waals surface area (Å²) >= 11 is 1.69. The van der Waals surface area contributed by atoms with E-state index in [-0.39, 0.29) is 0 Å². The van der Waals surface area contributed by atoms with E-state index in [0.29, 0.717) is 6.54 Å². The van der Waals surface area contributed by atoms with Crippen LogP contribution in [-0.2, 0) is 13.0 Å². The third-order valence-electron chi connectivity index (χ3n) is 2.96. The van der Waals surface area contributed by atoms with Gasteiger partial charge in [-0.25, -0.2) is 4.98 Å². The smallest absolute Gasteiger partial charge is 0.117 e. The van der Waals surface area contributed by atoms with Crippen LogP contribution in [0.2, 0.25) is 0 Å². The Hall–Kier alpha value is -2.05. The minimum Gasteiger partial charge on any atom is -0.311 e. The van der Waals surface area contributed by atoms with Crippen LogP contribution in [0.5, 0.6) is 0 Å². The fraction of sp³-hybridized carbons (Fsp3) is 0.214. The molecule has 102 valence electrons. The van der Waals surface area contributed by atoms with E-state index in [4.69, 9.17) is 0 Å². The van der Waals surface area contributed by atoms with Crippen LogP contribution in [0.1, 0.15) is 10.7 Å². The van der Waals surface area contributed by atoms with Gasteiger partial charge in [-0.15, -0.1) is 11.3 Å². The molecule has 0 radical (unpaired) electrons. The number of aromatic amines is 1. The van der Waals surface area contributed by atoms with Crippen LogP contribution in [0, 0.1) is 0 Å². The molecule has 0 fully saturated rings. The molecule has 3 aromatic rings. The molecule has 2 heterocycles. The SMILES string of the molecule is c1ccc(-c2n[nH]nc2CNCCc2nccs2)cc1. The summed E-state index contributed by atoms with van der Waals surface area (Å²) in [6.45, 7) is 1.58. The van der Waals surface area contributed by atoms with Crippen LogP contribution in [0.15, 0.2) is 41.9 Å². The molecule has 0 aliphatic carbocycles. The van der Waals surface area contributed by atoms with E-state index in [0.717, 1.165) is 34.9 Å². The number of nitrogens with zero attached hydrogens (tertiary/aromatic N) is 3. The van der Waals surface area contributed by atoms with Crippen LogP contribution in [0.4, 0.5) is 0 Å². The first-order valence-corrected chi connectivity index (χ1v) is 7.35. The van der Waals surface area contributed by atoms with Crippen LogP contribution in [0.3, 0.4) is 0 Å². The number of benzene rings is 1. The Labute approximate surface area is 121 Å². The third kappa shape index (κ3) is 3.09. The second-order valence-electron chi connectivity index (χ2n) is 4.34. The Morgan fingerprint density at radius 1 is 1.15 bits per heavy atom. The van der Waals surface area contributed by atoms with Gasteiger partial charge in [0.05, 0.1) is 5.01 Å². The van der Waals surface area contributed by atoms with Crippen molar-refractivity contribution < 1.29 is 0 Å². The molecule has 0 aliphatic heterocycles. The quantitative estimate of drug-likeness (QED) is 0.682. The number of aromatic nitrogens is 4. The average molecular weight is 285 g/mol. The zero-order valence-electron chi connectivity index (χ0n) is 10.9. The van der Waals surface area contributed by atoms with Gasteiger partial charge in [-0.05, 0) is 0 Å². The van der Waals surface area contributed by atoms with Gasteiger partial charge < -0.3 is 5.32 Å². The lowest BCUT2D eigenvalue weighted by Crippen LogP contribution is -2.17. The average Bonchev–Trinajstić information content (AvgIpc) is 3.16. The molecule has 1 aromatic carbocycles. The van der Waals surface area contributed by atoms with Crippen molar-refractivity contribution in [1.82, 2.24) is 25.7 Å². The van der Waals surface area contributed by atoms with Crippen molar-refractivity contribution in [3.63, 3.8) is 0 Å². The Morgan fingerprint density at radius 2 is 2.05 bits per heavy atom. The van der Waals surface area contributed by atoms with Gasteiger partial charge in [0.15, 0.2) is 0 Å². The van der Waals surface area contributed by atoms with Gasteiger partial charge in [0, 0.05) is 36.7 Å². The van der Waals surface area contributed by atoms with Gasteiger partial charge in [0.2, 0.25) is 0 Å². The van der Waals surface area contributed by atoms with Crippen molar-refractivity contribution in [3.05, 3.63) is 52.6 Å². The predicted octanol–water partition coefficient (Wildman–Crippen LogP) is 2.26. The number of rotatable bonds is 6. The molecule has 2 aromatic heterocycles. The lowest BCUT2D eigenvalue weighted by atomic mass is 10.1.